The van der Waals surface area contributed by atoms with E-state index in [1.165, 1.54) is 17.4 Å². The molecule has 2 aliphatic heterocycles. The molecular formula is C26H29N3O4S2. The highest BCUT2D eigenvalue weighted by atomic mass is 32.2. The van der Waals surface area contributed by atoms with Gasteiger partial charge in [-0.05, 0) is 42.3 Å². The molecule has 0 aliphatic carbocycles. The highest BCUT2D eigenvalue weighted by molar-refractivity contribution is 8.26. The maximum absolute atomic E-state index is 12.9. The quantitative estimate of drug-likeness (QED) is 0.392. The first kappa shape index (κ1) is 25.1. The van der Waals surface area contributed by atoms with Gasteiger partial charge in [-0.2, -0.15) is 0 Å². The Labute approximate surface area is 215 Å². The maximum Gasteiger partial charge on any atom is 0.266 e. The highest BCUT2D eigenvalue weighted by Gasteiger charge is 2.32. The van der Waals surface area contributed by atoms with Gasteiger partial charge in [0.05, 0.1) is 19.1 Å². The predicted molar refractivity (Wildman–Crippen MR) is 144 cm³/mol. The number of nitrogens with zero attached hydrogens (tertiary/aromatic N) is 3. The molecule has 2 aliphatic rings. The largest absolute Gasteiger partial charge is 0.493 e. The molecule has 184 valence electrons. The van der Waals surface area contributed by atoms with Gasteiger partial charge in [-0.25, -0.2) is 0 Å². The van der Waals surface area contributed by atoms with Crippen molar-refractivity contribution >= 4 is 51.9 Å². The molecule has 0 atom stereocenters. The number of anilines is 1. The van der Waals surface area contributed by atoms with Gasteiger partial charge in [0.2, 0.25) is 5.91 Å². The predicted octanol–water partition coefficient (Wildman–Crippen LogP) is 4.03. The van der Waals surface area contributed by atoms with E-state index in [0.29, 0.717) is 53.2 Å². The lowest BCUT2D eigenvalue weighted by molar-refractivity contribution is -0.132. The van der Waals surface area contributed by atoms with Crippen LogP contribution < -0.4 is 14.4 Å². The summed E-state index contributed by atoms with van der Waals surface area (Å²) in [5.41, 5.74) is 2.02. The average molecular weight is 512 g/mol. The molecule has 2 heterocycles. The van der Waals surface area contributed by atoms with Gasteiger partial charge >= 0.3 is 0 Å². The van der Waals surface area contributed by atoms with E-state index < -0.39 is 0 Å². The molecule has 4 rings (SSSR count). The zero-order valence-corrected chi connectivity index (χ0v) is 21.6. The first-order chi connectivity index (χ1) is 17.0. The van der Waals surface area contributed by atoms with Crippen molar-refractivity contribution in [2.45, 2.75) is 12.8 Å². The Morgan fingerprint density at radius 1 is 1.03 bits per heavy atom. The molecule has 0 spiro atoms. The van der Waals surface area contributed by atoms with Gasteiger partial charge in [-0.15, -0.1) is 0 Å². The summed E-state index contributed by atoms with van der Waals surface area (Å²) in [7, 11) is 3.16. The highest BCUT2D eigenvalue weighted by Crippen LogP contribution is 2.34. The summed E-state index contributed by atoms with van der Waals surface area (Å²) in [4.78, 5) is 32.0. The number of hydrogen-bond acceptors (Lipinski definition) is 7. The topological polar surface area (TPSA) is 62.3 Å². The van der Waals surface area contributed by atoms with E-state index in [9.17, 15) is 9.59 Å². The second-order valence-electron chi connectivity index (χ2n) is 8.25. The third-order valence-corrected chi connectivity index (χ3v) is 7.48. The van der Waals surface area contributed by atoms with Gasteiger partial charge in [-0.3, -0.25) is 14.5 Å². The Bertz CT molecular complexity index is 1110. The lowest BCUT2D eigenvalue weighted by atomic mass is 10.2. The Balaban J connectivity index is 1.27. The first-order valence-electron chi connectivity index (χ1n) is 11.6. The summed E-state index contributed by atoms with van der Waals surface area (Å²) >= 11 is 6.73. The Morgan fingerprint density at radius 3 is 2.43 bits per heavy atom. The summed E-state index contributed by atoms with van der Waals surface area (Å²) in [5.74, 6) is 1.23. The van der Waals surface area contributed by atoms with Crippen molar-refractivity contribution in [2.75, 3.05) is 51.8 Å². The van der Waals surface area contributed by atoms with Crippen LogP contribution in [0.4, 0.5) is 5.69 Å². The lowest BCUT2D eigenvalue weighted by Gasteiger charge is -2.36. The van der Waals surface area contributed by atoms with E-state index in [1.807, 2.05) is 35.2 Å². The minimum atomic E-state index is -0.126. The standard InChI is InChI=1S/C26H29N3O4S2/c1-32-21-11-10-19(17-22(21)33-2)18-23-25(31)29(26(34)35-23)12-6-9-24(30)28-15-13-27(14-16-28)20-7-4-3-5-8-20/h3-5,7-8,10-11,17-18H,6,9,12-16H2,1-2H3/b23-18-. The van der Waals surface area contributed by atoms with E-state index in [2.05, 4.69) is 17.0 Å². The van der Waals surface area contributed by atoms with Crippen molar-refractivity contribution in [3.05, 3.63) is 59.0 Å². The van der Waals surface area contributed by atoms with E-state index in [4.69, 9.17) is 21.7 Å². The molecule has 2 saturated heterocycles. The minimum absolute atomic E-state index is 0.126. The summed E-state index contributed by atoms with van der Waals surface area (Å²) in [6, 6.07) is 15.8. The van der Waals surface area contributed by atoms with Gasteiger partial charge in [0.1, 0.15) is 4.32 Å². The number of rotatable bonds is 8. The minimum Gasteiger partial charge on any atom is -0.493 e. The van der Waals surface area contributed by atoms with Crippen molar-refractivity contribution in [3.8, 4) is 11.5 Å². The fourth-order valence-electron chi connectivity index (χ4n) is 4.19. The molecular weight excluding hydrogens is 482 g/mol. The normalized spacial score (nSPS) is 17.3. The van der Waals surface area contributed by atoms with Crippen LogP contribution in [-0.4, -0.2) is 72.9 Å². The molecule has 0 radical (unpaired) electrons. The Morgan fingerprint density at radius 2 is 1.74 bits per heavy atom. The monoisotopic (exact) mass is 511 g/mol. The van der Waals surface area contributed by atoms with Crippen molar-refractivity contribution in [1.82, 2.24) is 9.80 Å². The molecule has 0 unspecified atom stereocenters. The van der Waals surface area contributed by atoms with Crippen LogP contribution in [0.2, 0.25) is 0 Å². The Kier molecular flexibility index (Phi) is 8.30. The SMILES string of the molecule is COc1ccc(/C=C2\SC(=S)N(CCCC(=O)N3CCN(c4ccccc4)CC3)C2=O)cc1OC. The van der Waals surface area contributed by atoms with E-state index in [-0.39, 0.29) is 11.8 Å². The molecule has 0 aromatic heterocycles. The number of methoxy groups -OCH3 is 2. The molecule has 35 heavy (non-hydrogen) atoms. The number of carbonyl (C=O) groups excluding carboxylic acids is 2. The molecule has 2 amide bonds. The van der Waals surface area contributed by atoms with Gasteiger partial charge < -0.3 is 19.3 Å². The van der Waals surface area contributed by atoms with Crippen LogP contribution in [0.5, 0.6) is 11.5 Å². The summed E-state index contributed by atoms with van der Waals surface area (Å²) in [6.45, 7) is 3.51. The lowest BCUT2D eigenvalue weighted by Crippen LogP contribution is -2.48. The third kappa shape index (κ3) is 5.97. The molecule has 7 nitrogen and oxygen atoms in total. The Hall–Kier alpha value is -3.04. The van der Waals surface area contributed by atoms with Crippen molar-refractivity contribution < 1.29 is 19.1 Å². The first-order valence-corrected chi connectivity index (χ1v) is 12.8. The van der Waals surface area contributed by atoms with Gasteiger partial charge in [-0.1, -0.05) is 48.2 Å². The number of benzene rings is 2. The molecule has 2 fully saturated rings. The summed E-state index contributed by atoms with van der Waals surface area (Å²) in [5, 5.41) is 0. The zero-order valence-electron chi connectivity index (χ0n) is 19.9. The van der Waals surface area contributed by atoms with Crippen LogP contribution in [0.25, 0.3) is 6.08 Å². The van der Waals surface area contributed by atoms with Crippen LogP contribution >= 0.6 is 24.0 Å². The van der Waals surface area contributed by atoms with Crippen LogP contribution in [0.15, 0.2) is 53.4 Å². The van der Waals surface area contributed by atoms with Crippen molar-refractivity contribution in [1.29, 1.82) is 0 Å². The molecule has 2 aromatic carbocycles. The van der Waals surface area contributed by atoms with Gasteiger partial charge in [0.25, 0.3) is 5.91 Å². The van der Waals surface area contributed by atoms with E-state index >= 15 is 0 Å². The number of ether oxygens (including phenoxy) is 2. The van der Waals surface area contributed by atoms with E-state index in [1.54, 1.807) is 31.3 Å². The summed E-state index contributed by atoms with van der Waals surface area (Å²) < 4.78 is 11.1. The number of thiocarbonyl (C=S) groups is 1. The molecule has 0 N–H and O–H groups in total. The van der Waals surface area contributed by atoms with Crippen molar-refractivity contribution in [3.63, 3.8) is 0 Å². The molecule has 0 bridgehead atoms. The van der Waals surface area contributed by atoms with Crippen LogP contribution in [0.3, 0.4) is 0 Å². The number of carbonyl (C=O) groups is 2. The average Bonchev–Trinajstić information content (AvgIpc) is 3.16. The number of piperazine rings is 1. The molecule has 2 aromatic rings. The fraction of sp³-hybridized carbons (Fsp3) is 0.346. The number of para-hydroxylation sites is 1. The summed E-state index contributed by atoms with van der Waals surface area (Å²) in [6.07, 6.45) is 2.78. The van der Waals surface area contributed by atoms with Crippen molar-refractivity contribution in [2.24, 2.45) is 0 Å². The molecule has 0 saturated carbocycles. The second-order valence-corrected chi connectivity index (χ2v) is 9.93. The molecule has 9 heteroatoms. The number of thioether (sulfide) groups is 1. The fourth-order valence-corrected chi connectivity index (χ4v) is 5.49. The van der Waals surface area contributed by atoms with Gasteiger partial charge in [0, 0.05) is 44.8 Å². The maximum atomic E-state index is 12.9. The third-order valence-electron chi connectivity index (χ3n) is 6.11. The smallest absolute Gasteiger partial charge is 0.266 e. The zero-order chi connectivity index (χ0) is 24.8. The number of amides is 2. The number of hydrogen-bond donors (Lipinski definition) is 0. The van der Waals surface area contributed by atoms with Crippen LogP contribution in [0.1, 0.15) is 18.4 Å². The van der Waals surface area contributed by atoms with Crippen LogP contribution in [-0.2, 0) is 9.59 Å². The van der Waals surface area contributed by atoms with Crippen LogP contribution in [0, 0.1) is 0 Å². The van der Waals surface area contributed by atoms with Gasteiger partial charge in [0.15, 0.2) is 11.5 Å². The van der Waals surface area contributed by atoms with E-state index in [0.717, 1.165) is 18.7 Å². The second kappa shape index (κ2) is 11.6.